The summed E-state index contributed by atoms with van der Waals surface area (Å²) in [7, 11) is 3.29. The van der Waals surface area contributed by atoms with Crippen molar-refractivity contribution in [3.8, 4) is 17.2 Å². The van der Waals surface area contributed by atoms with Gasteiger partial charge in [-0.2, -0.15) is 0 Å². The van der Waals surface area contributed by atoms with Crippen LogP contribution in [0.25, 0.3) is 0 Å². The first-order valence-corrected chi connectivity index (χ1v) is 7.71. The molecular weight excluding hydrogens is 433 g/mol. The van der Waals surface area contributed by atoms with Crippen LogP contribution < -0.4 is 20.1 Å². The molecule has 2 rings (SSSR count). The Kier molecular flexibility index (Phi) is 9.53. The highest BCUT2D eigenvalue weighted by molar-refractivity contribution is 14.0. The molecule has 136 valence electrons. The second-order valence-electron chi connectivity index (χ2n) is 5.01. The van der Waals surface area contributed by atoms with Crippen molar-refractivity contribution in [3.05, 3.63) is 54.1 Å². The van der Waals surface area contributed by atoms with E-state index in [4.69, 9.17) is 9.47 Å². The molecule has 0 radical (unpaired) electrons. The lowest BCUT2D eigenvalue weighted by Gasteiger charge is -2.13. The molecule has 0 aromatic heterocycles. The predicted octanol–water partition coefficient (Wildman–Crippen LogP) is 2.76. The van der Waals surface area contributed by atoms with Crippen molar-refractivity contribution in [2.45, 2.75) is 6.54 Å². The third-order valence-electron chi connectivity index (χ3n) is 3.36. The number of rotatable bonds is 7. The zero-order valence-electron chi connectivity index (χ0n) is 14.4. The lowest BCUT2D eigenvalue weighted by molar-refractivity contribution is 0.322. The number of ether oxygens (including phenoxy) is 2. The van der Waals surface area contributed by atoms with Crippen LogP contribution in [0.4, 0.5) is 0 Å². The van der Waals surface area contributed by atoms with Gasteiger partial charge in [-0.3, -0.25) is 4.99 Å². The Labute approximate surface area is 165 Å². The Morgan fingerprint density at radius 2 is 1.84 bits per heavy atom. The third-order valence-corrected chi connectivity index (χ3v) is 3.36. The van der Waals surface area contributed by atoms with E-state index in [9.17, 15) is 5.11 Å². The number of phenolic OH excluding ortho intramolecular Hbond substituents is 1. The summed E-state index contributed by atoms with van der Waals surface area (Å²) in [6.45, 7) is 1.57. The number of nitrogens with one attached hydrogen (secondary N) is 2. The zero-order valence-corrected chi connectivity index (χ0v) is 16.7. The molecule has 25 heavy (non-hydrogen) atoms. The lowest BCUT2D eigenvalue weighted by atomic mass is 10.2. The minimum absolute atomic E-state index is 0. The molecule has 2 aromatic carbocycles. The van der Waals surface area contributed by atoms with Crippen molar-refractivity contribution in [1.82, 2.24) is 10.6 Å². The molecule has 0 heterocycles. The summed E-state index contributed by atoms with van der Waals surface area (Å²) in [6.07, 6.45) is 0. The van der Waals surface area contributed by atoms with E-state index < -0.39 is 0 Å². The number of phenols is 1. The number of hydrogen-bond donors (Lipinski definition) is 3. The van der Waals surface area contributed by atoms with E-state index in [0.29, 0.717) is 31.4 Å². The number of hydrogen-bond acceptors (Lipinski definition) is 4. The van der Waals surface area contributed by atoms with Gasteiger partial charge in [-0.05, 0) is 30.3 Å². The average molecular weight is 457 g/mol. The fraction of sp³-hybridized carbons (Fsp3) is 0.278. The third kappa shape index (κ3) is 7.08. The van der Waals surface area contributed by atoms with Crippen molar-refractivity contribution in [3.63, 3.8) is 0 Å². The van der Waals surface area contributed by atoms with Crippen molar-refractivity contribution in [2.24, 2.45) is 4.99 Å². The Hall–Kier alpha value is -2.16. The Bertz CT molecular complexity index is 666. The molecule has 0 amide bonds. The zero-order chi connectivity index (χ0) is 17.2. The lowest BCUT2D eigenvalue weighted by Crippen LogP contribution is -2.38. The fourth-order valence-electron chi connectivity index (χ4n) is 2.09. The highest BCUT2D eigenvalue weighted by Gasteiger charge is 2.05. The van der Waals surface area contributed by atoms with Crippen LogP contribution in [-0.4, -0.2) is 38.4 Å². The molecule has 0 saturated carbocycles. The highest BCUT2D eigenvalue weighted by atomic mass is 127. The van der Waals surface area contributed by atoms with Gasteiger partial charge in [0.2, 0.25) is 0 Å². The number of para-hydroxylation sites is 1. The van der Waals surface area contributed by atoms with Crippen LogP contribution in [0.5, 0.6) is 17.2 Å². The summed E-state index contributed by atoms with van der Waals surface area (Å²) in [6, 6.07) is 14.8. The van der Waals surface area contributed by atoms with Gasteiger partial charge in [-0.1, -0.05) is 18.2 Å². The monoisotopic (exact) mass is 457 g/mol. The minimum atomic E-state index is 0. The molecule has 0 atom stereocenters. The van der Waals surface area contributed by atoms with Gasteiger partial charge in [0.05, 0.1) is 13.7 Å². The van der Waals surface area contributed by atoms with Crippen LogP contribution in [0.3, 0.4) is 0 Å². The average Bonchev–Trinajstić information content (AvgIpc) is 2.63. The number of nitrogens with zero attached hydrogens (tertiary/aromatic N) is 1. The van der Waals surface area contributed by atoms with E-state index >= 15 is 0 Å². The highest BCUT2D eigenvalue weighted by Crippen LogP contribution is 2.22. The maximum Gasteiger partial charge on any atom is 0.191 e. The molecule has 0 bridgehead atoms. The van der Waals surface area contributed by atoms with Crippen LogP contribution >= 0.6 is 24.0 Å². The number of guanidine groups is 1. The standard InChI is InChI=1S/C18H23N3O3.HI/c1-19-18(20-10-11-24-15-6-4-3-5-7-15)21-13-14-12-16(23-2)8-9-17(14)22;/h3-9,12,22H,10-11,13H2,1-2H3,(H2,19,20,21);1H. The maximum atomic E-state index is 9.88. The number of aromatic hydroxyl groups is 1. The number of methoxy groups -OCH3 is 1. The van der Waals surface area contributed by atoms with Crippen LogP contribution in [0.2, 0.25) is 0 Å². The Balaban J connectivity index is 0.00000312. The smallest absolute Gasteiger partial charge is 0.191 e. The molecule has 7 heteroatoms. The molecule has 6 nitrogen and oxygen atoms in total. The van der Waals surface area contributed by atoms with E-state index in [1.165, 1.54) is 0 Å². The van der Waals surface area contributed by atoms with Gasteiger partial charge in [-0.15, -0.1) is 24.0 Å². The molecular formula is C18H24IN3O3. The molecule has 0 spiro atoms. The Morgan fingerprint density at radius 1 is 1.08 bits per heavy atom. The van der Waals surface area contributed by atoms with E-state index in [1.807, 2.05) is 30.3 Å². The first-order chi connectivity index (χ1) is 11.7. The van der Waals surface area contributed by atoms with Crippen LogP contribution in [0.15, 0.2) is 53.5 Å². The van der Waals surface area contributed by atoms with Crippen LogP contribution in [0.1, 0.15) is 5.56 Å². The molecule has 0 aliphatic carbocycles. The van der Waals surface area contributed by atoms with Gasteiger partial charge in [0.1, 0.15) is 23.9 Å². The van der Waals surface area contributed by atoms with Gasteiger partial charge in [0.25, 0.3) is 0 Å². The van der Waals surface area contributed by atoms with E-state index in [2.05, 4.69) is 15.6 Å². The second-order valence-corrected chi connectivity index (χ2v) is 5.01. The first-order valence-electron chi connectivity index (χ1n) is 7.71. The molecule has 0 unspecified atom stereocenters. The van der Waals surface area contributed by atoms with Gasteiger partial charge >= 0.3 is 0 Å². The molecule has 0 saturated heterocycles. The molecule has 2 aromatic rings. The van der Waals surface area contributed by atoms with E-state index in [1.54, 1.807) is 32.4 Å². The first kappa shape index (κ1) is 20.9. The van der Waals surface area contributed by atoms with Crippen molar-refractivity contribution < 1.29 is 14.6 Å². The van der Waals surface area contributed by atoms with Gasteiger partial charge < -0.3 is 25.2 Å². The van der Waals surface area contributed by atoms with Crippen LogP contribution in [-0.2, 0) is 6.54 Å². The number of benzene rings is 2. The summed E-state index contributed by atoms with van der Waals surface area (Å²) in [5, 5.41) is 16.2. The van der Waals surface area contributed by atoms with Gasteiger partial charge in [0.15, 0.2) is 5.96 Å². The minimum Gasteiger partial charge on any atom is -0.508 e. The molecule has 0 fully saturated rings. The number of halogens is 1. The second kappa shape index (κ2) is 11.4. The van der Waals surface area contributed by atoms with Crippen molar-refractivity contribution in [2.75, 3.05) is 27.3 Å². The number of aliphatic imine (C=N–C) groups is 1. The van der Waals surface area contributed by atoms with E-state index in [0.717, 1.165) is 11.3 Å². The van der Waals surface area contributed by atoms with Crippen molar-refractivity contribution >= 4 is 29.9 Å². The SMILES string of the molecule is CN=C(NCCOc1ccccc1)NCc1cc(OC)ccc1O.I. The van der Waals surface area contributed by atoms with Gasteiger partial charge in [-0.25, -0.2) is 0 Å². The largest absolute Gasteiger partial charge is 0.508 e. The summed E-state index contributed by atoms with van der Waals surface area (Å²) in [5.41, 5.74) is 0.734. The summed E-state index contributed by atoms with van der Waals surface area (Å²) in [4.78, 5) is 4.15. The summed E-state index contributed by atoms with van der Waals surface area (Å²) < 4.78 is 10.8. The fourth-order valence-corrected chi connectivity index (χ4v) is 2.09. The molecule has 0 aliphatic heterocycles. The maximum absolute atomic E-state index is 9.88. The van der Waals surface area contributed by atoms with Crippen LogP contribution in [0, 0.1) is 0 Å². The van der Waals surface area contributed by atoms with E-state index in [-0.39, 0.29) is 29.7 Å². The summed E-state index contributed by atoms with van der Waals surface area (Å²) >= 11 is 0. The van der Waals surface area contributed by atoms with Gasteiger partial charge in [0, 0.05) is 19.2 Å². The topological polar surface area (TPSA) is 75.1 Å². The Morgan fingerprint density at radius 3 is 2.52 bits per heavy atom. The predicted molar refractivity (Wildman–Crippen MR) is 110 cm³/mol. The quantitative estimate of drug-likeness (QED) is 0.258. The van der Waals surface area contributed by atoms with Crippen molar-refractivity contribution in [1.29, 1.82) is 0 Å². The summed E-state index contributed by atoms with van der Waals surface area (Å²) in [5.74, 6) is 2.38. The molecule has 3 N–H and O–H groups in total. The molecule has 0 aliphatic rings. The normalized spacial score (nSPS) is 10.6.